The molecular formula is C10H21NO4. The van der Waals surface area contributed by atoms with Gasteiger partial charge >= 0.3 is 5.97 Å². The smallest absolute Gasteiger partial charge is 0.322 e. The van der Waals surface area contributed by atoms with Gasteiger partial charge in [-0.15, -0.1) is 0 Å². The fraction of sp³-hybridized carbons (Fsp3) is 0.900. The highest BCUT2D eigenvalue weighted by Crippen LogP contribution is 2.06. The highest BCUT2D eigenvalue weighted by Gasteiger charge is 2.20. The van der Waals surface area contributed by atoms with E-state index in [2.05, 4.69) is 10.1 Å². The summed E-state index contributed by atoms with van der Waals surface area (Å²) in [5.41, 5.74) is 0. The zero-order valence-corrected chi connectivity index (χ0v) is 9.56. The molecular weight excluding hydrogens is 198 g/mol. The van der Waals surface area contributed by atoms with Crippen LogP contribution in [-0.4, -0.2) is 48.6 Å². The lowest BCUT2D eigenvalue weighted by Gasteiger charge is -2.19. The molecule has 90 valence electrons. The van der Waals surface area contributed by atoms with Crippen LogP contribution in [0.5, 0.6) is 0 Å². The van der Waals surface area contributed by atoms with Gasteiger partial charge in [0.05, 0.1) is 19.8 Å². The summed E-state index contributed by atoms with van der Waals surface area (Å²) in [5, 5.41) is 20.6. The summed E-state index contributed by atoms with van der Waals surface area (Å²) in [4.78, 5) is 11.3. The largest absolute Gasteiger partial charge is 0.468 e. The molecule has 0 fully saturated rings. The summed E-state index contributed by atoms with van der Waals surface area (Å²) in [6.45, 7) is 3.87. The molecule has 5 heteroatoms. The van der Waals surface area contributed by atoms with Crippen molar-refractivity contribution < 1.29 is 19.7 Å². The Balaban J connectivity index is 4.07. The average Bonchev–Trinajstić information content (AvgIpc) is 2.21. The van der Waals surface area contributed by atoms with Crippen LogP contribution >= 0.6 is 0 Å². The van der Waals surface area contributed by atoms with E-state index in [9.17, 15) is 4.79 Å². The van der Waals surface area contributed by atoms with E-state index >= 15 is 0 Å². The number of aliphatic hydroxyl groups is 2. The monoisotopic (exact) mass is 219 g/mol. The van der Waals surface area contributed by atoms with Gasteiger partial charge in [0.15, 0.2) is 0 Å². The van der Waals surface area contributed by atoms with Gasteiger partial charge in [-0.2, -0.15) is 0 Å². The molecule has 0 aromatic carbocycles. The Morgan fingerprint density at radius 3 is 2.47 bits per heavy atom. The number of carbonyl (C=O) groups excluding carboxylic acids is 1. The minimum atomic E-state index is -0.843. The van der Waals surface area contributed by atoms with Gasteiger partial charge in [0, 0.05) is 6.54 Å². The molecule has 0 spiro atoms. The highest BCUT2D eigenvalue weighted by atomic mass is 16.5. The Hall–Kier alpha value is -0.650. The molecule has 0 rings (SSSR count). The van der Waals surface area contributed by atoms with Gasteiger partial charge in [-0.3, -0.25) is 4.79 Å². The Labute approximate surface area is 90.4 Å². The number of hydrogen-bond acceptors (Lipinski definition) is 5. The topological polar surface area (TPSA) is 78.8 Å². The maximum Gasteiger partial charge on any atom is 0.322 e. The first-order valence-electron chi connectivity index (χ1n) is 5.11. The van der Waals surface area contributed by atoms with Gasteiger partial charge in [-0.1, -0.05) is 13.8 Å². The van der Waals surface area contributed by atoms with E-state index in [1.54, 1.807) is 0 Å². The van der Waals surface area contributed by atoms with Crippen molar-refractivity contribution >= 4 is 5.97 Å². The first kappa shape index (κ1) is 14.3. The third kappa shape index (κ3) is 6.43. The van der Waals surface area contributed by atoms with Gasteiger partial charge in [0.2, 0.25) is 0 Å². The summed E-state index contributed by atoms with van der Waals surface area (Å²) in [5.74, 6) is 0.0155. The van der Waals surface area contributed by atoms with Gasteiger partial charge in [-0.05, 0) is 12.3 Å². The second kappa shape index (κ2) is 7.62. The fourth-order valence-electron chi connectivity index (χ4n) is 1.22. The molecule has 0 aliphatic carbocycles. The van der Waals surface area contributed by atoms with Crippen LogP contribution in [-0.2, 0) is 9.53 Å². The lowest BCUT2D eigenvalue weighted by atomic mass is 10.0. The van der Waals surface area contributed by atoms with Gasteiger partial charge in [0.25, 0.3) is 0 Å². The number of methoxy groups -OCH3 is 1. The Kier molecular flexibility index (Phi) is 7.29. The van der Waals surface area contributed by atoms with E-state index in [1.165, 1.54) is 7.11 Å². The summed E-state index contributed by atoms with van der Waals surface area (Å²) in [6, 6.07) is -0.420. The molecule has 0 bridgehead atoms. The lowest BCUT2D eigenvalue weighted by Crippen LogP contribution is -2.43. The number of rotatable bonds is 7. The van der Waals surface area contributed by atoms with E-state index < -0.39 is 12.1 Å². The molecule has 0 aliphatic heterocycles. The van der Waals surface area contributed by atoms with Gasteiger partial charge in [0.1, 0.15) is 6.04 Å². The average molecular weight is 219 g/mol. The first-order valence-corrected chi connectivity index (χ1v) is 5.11. The Morgan fingerprint density at radius 2 is 2.07 bits per heavy atom. The predicted molar refractivity (Wildman–Crippen MR) is 56.4 cm³/mol. The van der Waals surface area contributed by atoms with Crippen LogP contribution in [0.1, 0.15) is 20.3 Å². The van der Waals surface area contributed by atoms with Crippen molar-refractivity contribution in [1.29, 1.82) is 0 Å². The van der Waals surface area contributed by atoms with Crippen LogP contribution in [0.2, 0.25) is 0 Å². The van der Waals surface area contributed by atoms with Gasteiger partial charge in [-0.25, -0.2) is 0 Å². The van der Waals surface area contributed by atoms with E-state index in [1.807, 2.05) is 13.8 Å². The van der Waals surface area contributed by atoms with E-state index in [0.717, 1.165) is 0 Å². The quantitative estimate of drug-likeness (QED) is 0.504. The lowest BCUT2D eigenvalue weighted by molar-refractivity contribution is -0.143. The minimum absolute atomic E-state index is 0.184. The molecule has 0 aliphatic rings. The zero-order chi connectivity index (χ0) is 11.8. The fourth-order valence-corrected chi connectivity index (χ4v) is 1.22. The van der Waals surface area contributed by atoms with Crippen molar-refractivity contribution in [2.45, 2.75) is 32.4 Å². The summed E-state index contributed by atoms with van der Waals surface area (Å²) < 4.78 is 4.63. The molecule has 0 amide bonds. The molecule has 0 saturated carbocycles. The van der Waals surface area contributed by atoms with E-state index in [4.69, 9.17) is 10.2 Å². The van der Waals surface area contributed by atoms with Crippen molar-refractivity contribution in [3.05, 3.63) is 0 Å². The zero-order valence-electron chi connectivity index (χ0n) is 9.56. The Bertz CT molecular complexity index is 184. The molecule has 2 unspecified atom stereocenters. The van der Waals surface area contributed by atoms with Crippen molar-refractivity contribution in [3.63, 3.8) is 0 Å². The molecule has 2 atom stereocenters. The van der Waals surface area contributed by atoms with Crippen molar-refractivity contribution in [1.82, 2.24) is 5.32 Å². The number of ether oxygens (including phenoxy) is 1. The van der Waals surface area contributed by atoms with Crippen molar-refractivity contribution in [2.75, 3.05) is 20.3 Å². The van der Waals surface area contributed by atoms with Crippen LogP contribution in [0.25, 0.3) is 0 Å². The maximum absolute atomic E-state index is 11.3. The number of nitrogens with one attached hydrogen (secondary N) is 1. The molecule has 0 aromatic heterocycles. The number of carbonyl (C=O) groups is 1. The SMILES string of the molecule is COC(=O)C(CC(C)C)NCC(O)CO. The van der Waals surface area contributed by atoms with Crippen LogP contribution in [0, 0.1) is 5.92 Å². The molecule has 3 N–H and O–H groups in total. The normalized spacial score (nSPS) is 15.1. The number of aliphatic hydroxyl groups excluding tert-OH is 2. The summed E-state index contributed by atoms with van der Waals surface area (Å²) >= 11 is 0. The molecule has 5 nitrogen and oxygen atoms in total. The third-order valence-corrected chi connectivity index (χ3v) is 2.00. The van der Waals surface area contributed by atoms with Crippen LogP contribution < -0.4 is 5.32 Å². The molecule has 0 heterocycles. The van der Waals surface area contributed by atoms with Crippen LogP contribution in [0.4, 0.5) is 0 Å². The second-order valence-corrected chi connectivity index (χ2v) is 3.95. The standard InChI is InChI=1S/C10H21NO4/c1-7(2)4-9(10(14)15-3)11-5-8(13)6-12/h7-9,11-13H,4-6H2,1-3H3. The number of esters is 1. The van der Waals surface area contributed by atoms with Crippen LogP contribution in [0.15, 0.2) is 0 Å². The van der Waals surface area contributed by atoms with Gasteiger partial charge < -0.3 is 20.3 Å². The van der Waals surface area contributed by atoms with E-state index in [0.29, 0.717) is 12.3 Å². The highest BCUT2D eigenvalue weighted by molar-refractivity contribution is 5.75. The predicted octanol–water partition coefficient (Wildman–Crippen LogP) is -0.483. The molecule has 15 heavy (non-hydrogen) atoms. The maximum atomic E-state index is 11.3. The second-order valence-electron chi connectivity index (χ2n) is 3.95. The molecule has 0 aromatic rings. The number of hydrogen-bond donors (Lipinski definition) is 3. The van der Waals surface area contributed by atoms with E-state index in [-0.39, 0.29) is 19.1 Å². The summed E-state index contributed by atoms with van der Waals surface area (Å²) in [7, 11) is 1.33. The third-order valence-electron chi connectivity index (χ3n) is 2.00. The van der Waals surface area contributed by atoms with Crippen molar-refractivity contribution in [3.8, 4) is 0 Å². The van der Waals surface area contributed by atoms with Crippen molar-refractivity contribution in [2.24, 2.45) is 5.92 Å². The first-order chi connectivity index (χ1) is 7.01. The minimum Gasteiger partial charge on any atom is -0.468 e. The summed E-state index contributed by atoms with van der Waals surface area (Å²) in [6.07, 6.45) is -0.200. The molecule has 0 saturated heterocycles. The molecule has 0 radical (unpaired) electrons. The van der Waals surface area contributed by atoms with Crippen LogP contribution in [0.3, 0.4) is 0 Å². The Morgan fingerprint density at radius 1 is 1.47 bits per heavy atom.